The topological polar surface area (TPSA) is 125 Å². The number of hydrogen-bond donors (Lipinski definition) is 4. The molecule has 0 aliphatic heterocycles. The van der Waals surface area contributed by atoms with Crippen molar-refractivity contribution in [3.8, 4) is 16.9 Å². The highest BCUT2D eigenvalue weighted by Crippen LogP contribution is 2.28. The van der Waals surface area contributed by atoms with Gasteiger partial charge in [0.2, 0.25) is 10.0 Å². The summed E-state index contributed by atoms with van der Waals surface area (Å²) in [4.78, 5) is 11.5. The molecule has 0 spiro atoms. The zero-order valence-electron chi connectivity index (χ0n) is 21.0. The SMILES string of the molecule is CC(C)Oc1cc(-c2ccc(CCNC[C@H](O)c3cccc(NS(C)(=O)=O)c3)cc2)ccc1C(=O)O.Cl. The molecule has 0 aromatic heterocycles. The van der Waals surface area contributed by atoms with Gasteiger partial charge in [-0.15, -0.1) is 12.4 Å². The first kappa shape index (κ1) is 30.1. The molecule has 200 valence electrons. The van der Waals surface area contributed by atoms with Gasteiger partial charge in [-0.25, -0.2) is 13.2 Å². The number of anilines is 1. The summed E-state index contributed by atoms with van der Waals surface area (Å²) in [5.41, 5.74) is 4.10. The lowest BCUT2D eigenvalue weighted by molar-refractivity contribution is 0.0690. The molecule has 3 rings (SSSR count). The summed E-state index contributed by atoms with van der Waals surface area (Å²) in [6, 6.07) is 19.8. The third-order valence-electron chi connectivity index (χ3n) is 5.36. The van der Waals surface area contributed by atoms with Gasteiger partial charge in [0.15, 0.2) is 0 Å². The predicted octanol–water partition coefficient (Wildman–Crippen LogP) is 4.50. The minimum atomic E-state index is -3.38. The van der Waals surface area contributed by atoms with Gasteiger partial charge in [-0.1, -0.05) is 42.5 Å². The van der Waals surface area contributed by atoms with Crippen molar-refractivity contribution in [2.45, 2.75) is 32.5 Å². The van der Waals surface area contributed by atoms with E-state index in [4.69, 9.17) is 4.74 Å². The van der Waals surface area contributed by atoms with E-state index in [2.05, 4.69) is 10.0 Å². The maximum Gasteiger partial charge on any atom is 0.339 e. The Bertz CT molecular complexity index is 1300. The Morgan fingerprint density at radius 3 is 2.30 bits per heavy atom. The van der Waals surface area contributed by atoms with E-state index in [1.807, 2.05) is 38.1 Å². The van der Waals surface area contributed by atoms with E-state index in [0.717, 1.165) is 29.4 Å². The molecule has 4 N–H and O–H groups in total. The fourth-order valence-electron chi connectivity index (χ4n) is 3.71. The minimum absolute atomic E-state index is 0. The van der Waals surface area contributed by atoms with E-state index in [0.29, 0.717) is 30.1 Å². The number of carboxylic acid groups (broad SMARTS) is 1. The highest BCUT2D eigenvalue weighted by atomic mass is 35.5. The number of benzene rings is 3. The number of sulfonamides is 1. The third-order valence-corrected chi connectivity index (χ3v) is 5.97. The van der Waals surface area contributed by atoms with Crippen molar-refractivity contribution in [2.24, 2.45) is 0 Å². The Hall–Kier alpha value is -3.11. The molecule has 0 fully saturated rings. The molecule has 8 nitrogen and oxygen atoms in total. The van der Waals surface area contributed by atoms with Crippen LogP contribution >= 0.6 is 12.4 Å². The fourth-order valence-corrected chi connectivity index (χ4v) is 4.26. The Balaban J connectivity index is 0.00000481. The van der Waals surface area contributed by atoms with Crippen LogP contribution in [0, 0.1) is 0 Å². The number of halogens is 1. The molecule has 0 saturated carbocycles. The number of carbonyl (C=O) groups is 1. The van der Waals surface area contributed by atoms with Crippen molar-refractivity contribution in [1.82, 2.24) is 5.32 Å². The van der Waals surface area contributed by atoms with Crippen molar-refractivity contribution in [2.75, 3.05) is 24.1 Å². The lowest BCUT2D eigenvalue weighted by Gasteiger charge is -2.14. The Morgan fingerprint density at radius 2 is 1.68 bits per heavy atom. The third kappa shape index (κ3) is 9.36. The number of carboxylic acids is 1. The predicted molar refractivity (Wildman–Crippen MR) is 148 cm³/mol. The first-order chi connectivity index (χ1) is 17.0. The summed E-state index contributed by atoms with van der Waals surface area (Å²) in [7, 11) is -3.38. The molecular formula is C27H33ClN2O6S. The number of rotatable bonds is 12. The Labute approximate surface area is 224 Å². The van der Waals surface area contributed by atoms with Crippen LogP contribution in [0.25, 0.3) is 11.1 Å². The molecule has 1 atom stereocenters. The van der Waals surface area contributed by atoms with Crippen LogP contribution in [0.15, 0.2) is 66.7 Å². The first-order valence-corrected chi connectivity index (χ1v) is 13.5. The summed E-state index contributed by atoms with van der Waals surface area (Å²) in [5, 5.41) is 23.1. The second kappa shape index (κ2) is 13.4. The average Bonchev–Trinajstić information content (AvgIpc) is 2.80. The zero-order chi connectivity index (χ0) is 26.3. The van der Waals surface area contributed by atoms with Crippen LogP contribution in [-0.4, -0.2) is 50.0 Å². The maximum absolute atomic E-state index is 11.5. The molecule has 37 heavy (non-hydrogen) atoms. The van der Waals surface area contributed by atoms with Crippen LogP contribution in [-0.2, 0) is 16.4 Å². The quantitative estimate of drug-likeness (QED) is 0.246. The summed E-state index contributed by atoms with van der Waals surface area (Å²) >= 11 is 0. The number of nitrogens with one attached hydrogen (secondary N) is 2. The van der Waals surface area contributed by atoms with Crippen molar-refractivity contribution in [1.29, 1.82) is 0 Å². The highest BCUT2D eigenvalue weighted by Gasteiger charge is 2.14. The molecule has 0 aliphatic carbocycles. The van der Waals surface area contributed by atoms with Gasteiger partial charge in [0.1, 0.15) is 11.3 Å². The van der Waals surface area contributed by atoms with E-state index in [1.165, 1.54) is 0 Å². The van der Waals surface area contributed by atoms with Gasteiger partial charge in [0, 0.05) is 12.2 Å². The number of aromatic carboxylic acids is 1. The second-order valence-corrected chi connectivity index (χ2v) is 10.6. The molecule has 10 heteroatoms. The number of aliphatic hydroxyl groups excluding tert-OH is 1. The van der Waals surface area contributed by atoms with E-state index in [1.54, 1.807) is 42.5 Å². The van der Waals surface area contributed by atoms with Crippen LogP contribution in [0.4, 0.5) is 5.69 Å². The molecule has 0 amide bonds. The van der Waals surface area contributed by atoms with Gasteiger partial charge in [0.05, 0.1) is 18.5 Å². The summed E-state index contributed by atoms with van der Waals surface area (Å²) < 4.78 is 30.9. The molecular weight excluding hydrogens is 516 g/mol. The zero-order valence-corrected chi connectivity index (χ0v) is 22.6. The van der Waals surface area contributed by atoms with E-state index >= 15 is 0 Å². The summed E-state index contributed by atoms with van der Waals surface area (Å²) in [6.45, 7) is 4.69. The summed E-state index contributed by atoms with van der Waals surface area (Å²) in [5.74, 6) is -0.678. The van der Waals surface area contributed by atoms with Gasteiger partial charge >= 0.3 is 5.97 Å². The molecule has 0 aliphatic rings. The molecule has 3 aromatic carbocycles. The molecule has 0 radical (unpaired) electrons. The van der Waals surface area contributed by atoms with Crippen molar-refractivity contribution >= 4 is 34.1 Å². The number of hydrogen-bond acceptors (Lipinski definition) is 6. The van der Waals surface area contributed by atoms with E-state index < -0.39 is 22.1 Å². The second-order valence-electron chi connectivity index (χ2n) is 8.85. The van der Waals surface area contributed by atoms with Crippen LogP contribution in [0.1, 0.15) is 41.4 Å². The Morgan fingerprint density at radius 1 is 1.00 bits per heavy atom. The molecule has 3 aromatic rings. The molecule has 0 bridgehead atoms. The van der Waals surface area contributed by atoms with Crippen LogP contribution < -0.4 is 14.8 Å². The smallest absolute Gasteiger partial charge is 0.339 e. The van der Waals surface area contributed by atoms with Crippen molar-refractivity contribution in [3.63, 3.8) is 0 Å². The lowest BCUT2D eigenvalue weighted by atomic mass is 10.0. The number of aliphatic hydroxyl groups is 1. The van der Waals surface area contributed by atoms with Crippen molar-refractivity contribution in [3.05, 3.63) is 83.4 Å². The normalized spacial score (nSPS) is 12.0. The fraction of sp³-hybridized carbons (Fsp3) is 0.296. The first-order valence-electron chi connectivity index (χ1n) is 11.6. The van der Waals surface area contributed by atoms with Gasteiger partial charge in [-0.2, -0.15) is 0 Å². The number of ether oxygens (including phenoxy) is 1. The van der Waals surface area contributed by atoms with Crippen molar-refractivity contribution < 1.29 is 28.2 Å². The largest absolute Gasteiger partial charge is 0.490 e. The van der Waals surface area contributed by atoms with Crippen LogP contribution in [0.3, 0.4) is 0 Å². The van der Waals surface area contributed by atoms with E-state index in [-0.39, 0.29) is 24.1 Å². The maximum atomic E-state index is 11.5. The molecule has 0 heterocycles. The summed E-state index contributed by atoms with van der Waals surface area (Å²) in [6.07, 6.45) is 0.921. The van der Waals surface area contributed by atoms with Gasteiger partial charge in [-0.05, 0) is 73.3 Å². The van der Waals surface area contributed by atoms with Gasteiger partial charge in [0.25, 0.3) is 0 Å². The average molecular weight is 549 g/mol. The van der Waals surface area contributed by atoms with Gasteiger partial charge in [-0.3, -0.25) is 4.72 Å². The van der Waals surface area contributed by atoms with Crippen LogP contribution in [0.2, 0.25) is 0 Å². The molecule has 0 saturated heterocycles. The van der Waals surface area contributed by atoms with E-state index in [9.17, 15) is 23.4 Å². The standard InChI is InChI=1S/C27H32N2O6S.ClH/c1-18(2)35-26-16-21(11-12-24(26)27(31)32)20-9-7-19(8-10-20)13-14-28-17-25(30)22-5-4-6-23(15-22)29-36(3,33)34;/h4-12,15-16,18,25,28-30H,13-14,17H2,1-3H3,(H,31,32);1H/t25-;/m0./s1. The monoisotopic (exact) mass is 548 g/mol. The lowest BCUT2D eigenvalue weighted by Crippen LogP contribution is -2.23. The van der Waals surface area contributed by atoms with Crippen LogP contribution in [0.5, 0.6) is 5.75 Å². The highest BCUT2D eigenvalue weighted by molar-refractivity contribution is 7.92. The molecule has 0 unspecified atom stereocenters. The Kier molecular flexibility index (Phi) is 10.9. The minimum Gasteiger partial charge on any atom is -0.490 e. The van der Waals surface area contributed by atoms with Gasteiger partial charge < -0.3 is 20.3 Å².